The highest BCUT2D eigenvalue weighted by Crippen LogP contribution is 2.31. The zero-order chi connectivity index (χ0) is 16.5. The van der Waals surface area contributed by atoms with Crippen molar-refractivity contribution in [2.75, 3.05) is 31.6 Å². The first-order valence-corrected chi connectivity index (χ1v) is 8.65. The lowest BCUT2D eigenvalue weighted by atomic mass is 9.99. The summed E-state index contributed by atoms with van der Waals surface area (Å²) in [5.74, 6) is 1.54. The number of nitrogens with one attached hydrogen (secondary N) is 2. The number of rotatable bonds is 8. The van der Waals surface area contributed by atoms with Gasteiger partial charge in [0.25, 0.3) is 0 Å². The number of hydrogen-bond donors (Lipinski definition) is 2. The number of benzene rings is 1. The van der Waals surface area contributed by atoms with Crippen molar-refractivity contribution in [2.45, 2.75) is 39.5 Å². The van der Waals surface area contributed by atoms with E-state index in [1.807, 2.05) is 18.2 Å². The average molecular weight is 357 g/mol. The van der Waals surface area contributed by atoms with Gasteiger partial charge in [0.2, 0.25) is 5.91 Å². The summed E-state index contributed by atoms with van der Waals surface area (Å²) < 4.78 is 11.5. The molecule has 0 aromatic heterocycles. The van der Waals surface area contributed by atoms with Crippen LogP contribution in [0.25, 0.3) is 0 Å². The van der Waals surface area contributed by atoms with Gasteiger partial charge in [-0.1, -0.05) is 13.8 Å². The van der Waals surface area contributed by atoms with Crippen LogP contribution in [0, 0.1) is 5.92 Å². The van der Waals surface area contributed by atoms with Gasteiger partial charge in [-0.3, -0.25) is 4.79 Å². The number of amides is 1. The van der Waals surface area contributed by atoms with Crippen LogP contribution < -0.4 is 20.1 Å². The number of anilines is 1. The van der Waals surface area contributed by atoms with Crippen LogP contribution in [0.1, 0.15) is 39.5 Å². The number of hydrogen-bond acceptors (Lipinski definition) is 4. The summed E-state index contributed by atoms with van der Waals surface area (Å²) in [7, 11) is 0. The Hall–Kier alpha value is -1.46. The Morgan fingerprint density at radius 1 is 1.21 bits per heavy atom. The van der Waals surface area contributed by atoms with Crippen LogP contribution in [0.15, 0.2) is 18.2 Å². The van der Waals surface area contributed by atoms with Gasteiger partial charge in [-0.05, 0) is 44.4 Å². The molecule has 24 heavy (non-hydrogen) atoms. The molecule has 1 aromatic carbocycles. The zero-order valence-corrected chi connectivity index (χ0v) is 15.4. The Bertz CT molecular complexity index is 505. The fraction of sp³-hybridized carbons (Fsp3) is 0.611. The summed E-state index contributed by atoms with van der Waals surface area (Å²) >= 11 is 0. The van der Waals surface area contributed by atoms with Gasteiger partial charge in [0.1, 0.15) is 0 Å². The minimum Gasteiger partial charge on any atom is -0.490 e. The SMILES string of the molecule is CCCOc1ccc(NC(=O)C2CCCNC2)cc1OCCC.Cl. The Balaban J connectivity index is 0.00000288. The molecule has 2 N–H and O–H groups in total. The van der Waals surface area contributed by atoms with Crippen LogP contribution >= 0.6 is 12.4 Å². The van der Waals surface area contributed by atoms with E-state index in [4.69, 9.17) is 9.47 Å². The predicted octanol–water partition coefficient (Wildman–Crippen LogP) is 3.62. The van der Waals surface area contributed by atoms with Crippen LogP contribution in [0.4, 0.5) is 5.69 Å². The highest BCUT2D eigenvalue weighted by molar-refractivity contribution is 5.93. The van der Waals surface area contributed by atoms with E-state index in [2.05, 4.69) is 24.5 Å². The van der Waals surface area contributed by atoms with Gasteiger partial charge in [-0.2, -0.15) is 0 Å². The lowest BCUT2D eigenvalue weighted by molar-refractivity contribution is -0.120. The summed E-state index contributed by atoms with van der Waals surface area (Å²) in [5.41, 5.74) is 0.760. The molecule has 1 aliphatic heterocycles. The smallest absolute Gasteiger partial charge is 0.228 e. The molecule has 1 fully saturated rings. The maximum Gasteiger partial charge on any atom is 0.228 e. The van der Waals surface area contributed by atoms with Gasteiger partial charge in [-0.25, -0.2) is 0 Å². The number of ether oxygens (including phenoxy) is 2. The van der Waals surface area contributed by atoms with Crippen LogP contribution in [-0.2, 0) is 4.79 Å². The maximum absolute atomic E-state index is 12.3. The van der Waals surface area contributed by atoms with E-state index in [0.717, 1.165) is 50.2 Å². The van der Waals surface area contributed by atoms with Gasteiger partial charge >= 0.3 is 0 Å². The summed E-state index contributed by atoms with van der Waals surface area (Å²) in [6, 6.07) is 5.60. The highest BCUT2D eigenvalue weighted by atomic mass is 35.5. The van der Waals surface area contributed by atoms with Crippen molar-refractivity contribution >= 4 is 24.0 Å². The molecule has 0 bridgehead atoms. The first kappa shape index (κ1) is 20.6. The van der Waals surface area contributed by atoms with E-state index in [-0.39, 0.29) is 24.2 Å². The molecular weight excluding hydrogens is 328 g/mol. The van der Waals surface area contributed by atoms with Crippen molar-refractivity contribution in [3.63, 3.8) is 0 Å². The summed E-state index contributed by atoms with van der Waals surface area (Å²) in [6.45, 7) is 7.17. The van der Waals surface area contributed by atoms with Gasteiger partial charge in [0.15, 0.2) is 11.5 Å². The van der Waals surface area contributed by atoms with Crippen molar-refractivity contribution in [2.24, 2.45) is 5.92 Å². The van der Waals surface area contributed by atoms with E-state index >= 15 is 0 Å². The molecule has 1 saturated heterocycles. The molecule has 1 atom stereocenters. The molecule has 1 aliphatic rings. The van der Waals surface area contributed by atoms with Crippen LogP contribution in [0.2, 0.25) is 0 Å². The fourth-order valence-corrected chi connectivity index (χ4v) is 2.56. The second-order valence-corrected chi connectivity index (χ2v) is 5.89. The third-order valence-electron chi connectivity index (χ3n) is 3.80. The second-order valence-electron chi connectivity index (χ2n) is 5.89. The van der Waals surface area contributed by atoms with E-state index in [0.29, 0.717) is 19.0 Å². The second kappa shape index (κ2) is 11.2. The van der Waals surface area contributed by atoms with Crippen molar-refractivity contribution in [3.05, 3.63) is 18.2 Å². The Kier molecular flexibility index (Phi) is 9.57. The molecule has 0 spiro atoms. The molecule has 1 amide bonds. The molecule has 1 unspecified atom stereocenters. The van der Waals surface area contributed by atoms with E-state index < -0.39 is 0 Å². The third kappa shape index (κ3) is 6.21. The zero-order valence-electron chi connectivity index (χ0n) is 14.6. The largest absolute Gasteiger partial charge is 0.490 e. The van der Waals surface area contributed by atoms with Crippen molar-refractivity contribution in [1.82, 2.24) is 5.32 Å². The summed E-state index contributed by atoms with van der Waals surface area (Å²) in [6.07, 6.45) is 3.86. The van der Waals surface area contributed by atoms with E-state index in [1.54, 1.807) is 0 Å². The molecule has 0 aliphatic carbocycles. The monoisotopic (exact) mass is 356 g/mol. The minimum atomic E-state index is 0. The van der Waals surface area contributed by atoms with Gasteiger partial charge in [0.05, 0.1) is 19.1 Å². The summed E-state index contributed by atoms with van der Waals surface area (Å²) in [5, 5.41) is 6.26. The predicted molar refractivity (Wildman–Crippen MR) is 99.5 cm³/mol. The minimum absolute atomic E-state index is 0. The lowest BCUT2D eigenvalue weighted by Crippen LogP contribution is -2.37. The Morgan fingerprint density at radius 2 is 1.92 bits per heavy atom. The molecular formula is C18H29ClN2O3. The first-order valence-electron chi connectivity index (χ1n) is 8.65. The third-order valence-corrected chi connectivity index (χ3v) is 3.80. The molecule has 5 nitrogen and oxygen atoms in total. The van der Waals surface area contributed by atoms with Crippen molar-refractivity contribution in [3.8, 4) is 11.5 Å². The van der Waals surface area contributed by atoms with Crippen LogP contribution in [0.3, 0.4) is 0 Å². The first-order chi connectivity index (χ1) is 11.2. The Morgan fingerprint density at radius 3 is 2.54 bits per heavy atom. The number of halogens is 1. The number of carbonyl (C=O) groups excluding carboxylic acids is 1. The normalized spacial score (nSPS) is 16.8. The van der Waals surface area contributed by atoms with E-state index in [9.17, 15) is 4.79 Å². The maximum atomic E-state index is 12.3. The number of carbonyl (C=O) groups is 1. The highest BCUT2D eigenvalue weighted by Gasteiger charge is 2.21. The Labute approximate surface area is 150 Å². The molecule has 1 aromatic rings. The molecule has 2 rings (SSSR count). The molecule has 0 saturated carbocycles. The fourth-order valence-electron chi connectivity index (χ4n) is 2.56. The molecule has 136 valence electrons. The average Bonchev–Trinajstić information content (AvgIpc) is 2.59. The van der Waals surface area contributed by atoms with Crippen LogP contribution in [0.5, 0.6) is 11.5 Å². The number of piperidine rings is 1. The van der Waals surface area contributed by atoms with Gasteiger partial charge < -0.3 is 20.1 Å². The topological polar surface area (TPSA) is 59.6 Å². The molecule has 1 heterocycles. The van der Waals surface area contributed by atoms with Gasteiger partial charge in [-0.15, -0.1) is 12.4 Å². The quantitative estimate of drug-likeness (QED) is 0.746. The standard InChI is InChI=1S/C18H28N2O3.ClH/c1-3-10-22-16-8-7-15(12-17(16)23-11-4-2)20-18(21)14-6-5-9-19-13-14;/h7-8,12,14,19H,3-6,9-11,13H2,1-2H3,(H,20,21);1H. The molecule has 0 radical (unpaired) electrons. The van der Waals surface area contributed by atoms with Gasteiger partial charge in [0, 0.05) is 18.3 Å². The van der Waals surface area contributed by atoms with Crippen molar-refractivity contribution in [1.29, 1.82) is 0 Å². The summed E-state index contributed by atoms with van der Waals surface area (Å²) in [4.78, 5) is 12.3. The van der Waals surface area contributed by atoms with E-state index in [1.165, 1.54) is 0 Å². The van der Waals surface area contributed by atoms with Crippen molar-refractivity contribution < 1.29 is 14.3 Å². The lowest BCUT2D eigenvalue weighted by Gasteiger charge is -2.22. The van der Waals surface area contributed by atoms with Crippen LogP contribution in [-0.4, -0.2) is 32.2 Å². The molecule has 6 heteroatoms.